The van der Waals surface area contributed by atoms with Gasteiger partial charge in [-0.05, 0) is 49.4 Å². The molecule has 1 unspecified atom stereocenters. The van der Waals surface area contributed by atoms with Crippen LogP contribution >= 0.6 is 0 Å². The van der Waals surface area contributed by atoms with E-state index in [-0.39, 0.29) is 0 Å². The highest BCUT2D eigenvalue weighted by Gasteiger charge is 2.18. The summed E-state index contributed by atoms with van der Waals surface area (Å²) in [5.41, 5.74) is 2.84. The van der Waals surface area contributed by atoms with Crippen molar-refractivity contribution in [1.82, 2.24) is 5.32 Å². The summed E-state index contributed by atoms with van der Waals surface area (Å²) < 4.78 is 5.62. The van der Waals surface area contributed by atoms with Crippen molar-refractivity contribution in [3.05, 3.63) is 29.3 Å². The van der Waals surface area contributed by atoms with E-state index in [0.29, 0.717) is 6.04 Å². The Bertz CT molecular complexity index is 356. The zero-order valence-corrected chi connectivity index (χ0v) is 8.96. The zero-order chi connectivity index (χ0) is 10.1. The molecule has 0 amide bonds. The average molecular weight is 203 g/mol. The lowest BCUT2D eigenvalue weighted by molar-refractivity contribution is 0.288. The number of aryl methyl sites for hydroxylation is 1. The number of hydrogen-bond acceptors (Lipinski definition) is 2. The molecule has 2 nitrogen and oxygen atoms in total. The van der Waals surface area contributed by atoms with Gasteiger partial charge in [0.1, 0.15) is 5.75 Å². The molecule has 80 valence electrons. The molecule has 1 N–H and O–H groups in total. The lowest BCUT2D eigenvalue weighted by Crippen LogP contribution is -2.14. The van der Waals surface area contributed by atoms with Crippen molar-refractivity contribution < 1.29 is 4.74 Å². The number of fused-ring (bicyclic) bond motifs is 1. The lowest BCUT2D eigenvalue weighted by atomic mass is 9.98. The molecule has 2 heterocycles. The third-order valence-corrected chi connectivity index (χ3v) is 3.40. The molecule has 1 aromatic carbocycles. The van der Waals surface area contributed by atoms with Crippen LogP contribution in [-0.2, 0) is 6.42 Å². The standard InChI is InChI=1S/C13H17NO/c1-4-12(14-7-1)10-5-6-13-11(9-10)3-2-8-15-13/h5-6,9,12,14H,1-4,7-8H2. The SMILES string of the molecule is c1cc2c(cc1C1CCCN1)CCCO2. The zero-order valence-electron chi connectivity index (χ0n) is 8.96. The summed E-state index contributed by atoms with van der Waals surface area (Å²) in [6.07, 6.45) is 4.92. The Morgan fingerprint density at radius 1 is 1.27 bits per heavy atom. The van der Waals surface area contributed by atoms with Crippen LogP contribution in [0.5, 0.6) is 5.75 Å². The Balaban J connectivity index is 1.89. The summed E-state index contributed by atoms with van der Waals surface area (Å²) in [6, 6.07) is 7.27. The van der Waals surface area contributed by atoms with Crippen LogP contribution in [0.1, 0.15) is 36.4 Å². The molecular formula is C13H17NO. The van der Waals surface area contributed by atoms with Crippen LogP contribution < -0.4 is 10.1 Å². The van der Waals surface area contributed by atoms with Crippen molar-refractivity contribution >= 4 is 0 Å². The van der Waals surface area contributed by atoms with Gasteiger partial charge in [0.15, 0.2) is 0 Å². The van der Waals surface area contributed by atoms with Gasteiger partial charge in [-0.2, -0.15) is 0 Å². The normalized spacial score (nSPS) is 24.7. The van der Waals surface area contributed by atoms with Gasteiger partial charge in [0.2, 0.25) is 0 Å². The van der Waals surface area contributed by atoms with Crippen molar-refractivity contribution in [2.75, 3.05) is 13.2 Å². The lowest BCUT2D eigenvalue weighted by Gasteiger charge is -2.19. The van der Waals surface area contributed by atoms with Gasteiger partial charge in [0, 0.05) is 6.04 Å². The first-order valence-corrected chi connectivity index (χ1v) is 5.92. The summed E-state index contributed by atoms with van der Waals surface area (Å²) >= 11 is 0. The Hall–Kier alpha value is -1.02. The fourth-order valence-electron chi connectivity index (χ4n) is 2.57. The molecule has 1 saturated heterocycles. The third kappa shape index (κ3) is 1.74. The molecule has 15 heavy (non-hydrogen) atoms. The van der Waals surface area contributed by atoms with Gasteiger partial charge in [0.05, 0.1) is 6.61 Å². The van der Waals surface area contributed by atoms with E-state index in [0.717, 1.165) is 25.3 Å². The minimum atomic E-state index is 0.581. The van der Waals surface area contributed by atoms with Gasteiger partial charge in [-0.15, -0.1) is 0 Å². The molecule has 0 radical (unpaired) electrons. The Morgan fingerprint density at radius 3 is 3.13 bits per heavy atom. The van der Waals surface area contributed by atoms with Gasteiger partial charge >= 0.3 is 0 Å². The molecule has 1 fully saturated rings. The Kier molecular flexibility index (Phi) is 2.37. The minimum absolute atomic E-state index is 0.581. The maximum absolute atomic E-state index is 5.62. The predicted molar refractivity (Wildman–Crippen MR) is 60.2 cm³/mol. The van der Waals surface area contributed by atoms with E-state index in [1.165, 1.54) is 30.4 Å². The predicted octanol–water partition coefficient (Wildman–Crippen LogP) is 2.44. The van der Waals surface area contributed by atoms with E-state index < -0.39 is 0 Å². The number of nitrogens with one attached hydrogen (secondary N) is 1. The molecule has 1 aromatic rings. The third-order valence-electron chi connectivity index (χ3n) is 3.40. The van der Waals surface area contributed by atoms with Crippen molar-refractivity contribution in [3.63, 3.8) is 0 Å². The molecule has 2 aliphatic rings. The number of rotatable bonds is 1. The van der Waals surface area contributed by atoms with Gasteiger partial charge < -0.3 is 10.1 Å². The first kappa shape index (κ1) is 9.22. The maximum atomic E-state index is 5.62. The van der Waals surface area contributed by atoms with Crippen molar-refractivity contribution in [3.8, 4) is 5.75 Å². The molecule has 0 aliphatic carbocycles. The first-order valence-electron chi connectivity index (χ1n) is 5.92. The second-order valence-corrected chi connectivity index (χ2v) is 4.47. The van der Waals surface area contributed by atoms with Gasteiger partial charge in [-0.25, -0.2) is 0 Å². The van der Waals surface area contributed by atoms with Crippen LogP contribution in [0.4, 0.5) is 0 Å². The highest BCUT2D eigenvalue weighted by molar-refractivity contribution is 5.39. The number of ether oxygens (including phenoxy) is 1. The van der Waals surface area contributed by atoms with Crippen LogP contribution in [0.25, 0.3) is 0 Å². The second kappa shape index (κ2) is 3.86. The molecule has 0 saturated carbocycles. The van der Waals surface area contributed by atoms with Crippen LogP contribution in [0, 0.1) is 0 Å². The molecule has 1 atom stereocenters. The summed E-state index contributed by atoms with van der Waals surface area (Å²) in [4.78, 5) is 0. The summed E-state index contributed by atoms with van der Waals surface area (Å²) in [7, 11) is 0. The van der Waals surface area contributed by atoms with Crippen molar-refractivity contribution in [1.29, 1.82) is 0 Å². The van der Waals surface area contributed by atoms with Crippen molar-refractivity contribution in [2.45, 2.75) is 31.7 Å². The molecule has 2 heteroatoms. The molecule has 0 spiro atoms. The smallest absolute Gasteiger partial charge is 0.122 e. The fraction of sp³-hybridized carbons (Fsp3) is 0.538. The van der Waals surface area contributed by atoms with E-state index in [2.05, 4.69) is 23.5 Å². The van der Waals surface area contributed by atoms with Crippen molar-refractivity contribution in [2.24, 2.45) is 0 Å². The van der Waals surface area contributed by atoms with Gasteiger partial charge in [-0.1, -0.05) is 12.1 Å². The summed E-state index contributed by atoms with van der Waals surface area (Å²) in [5, 5.41) is 3.54. The van der Waals surface area contributed by atoms with E-state index in [1.54, 1.807) is 0 Å². The molecule has 2 aliphatic heterocycles. The Labute approximate surface area is 90.6 Å². The fourth-order valence-corrected chi connectivity index (χ4v) is 2.57. The summed E-state index contributed by atoms with van der Waals surface area (Å²) in [5.74, 6) is 1.10. The highest BCUT2D eigenvalue weighted by atomic mass is 16.5. The second-order valence-electron chi connectivity index (χ2n) is 4.47. The maximum Gasteiger partial charge on any atom is 0.122 e. The highest BCUT2D eigenvalue weighted by Crippen LogP contribution is 2.30. The number of benzene rings is 1. The minimum Gasteiger partial charge on any atom is -0.493 e. The van der Waals surface area contributed by atoms with Crippen LogP contribution in [0.3, 0.4) is 0 Å². The Morgan fingerprint density at radius 2 is 2.27 bits per heavy atom. The van der Waals surface area contributed by atoms with E-state index in [4.69, 9.17) is 4.74 Å². The topological polar surface area (TPSA) is 21.3 Å². The van der Waals surface area contributed by atoms with Gasteiger partial charge in [-0.3, -0.25) is 0 Å². The first-order chi connectivity index (χ1) is 7.43. The molecular weight excluding hydrogens is 186 g/mol. The molecule has 0 aromatic heterocycles. The van der Waals surface area contributed by atoms with Crippen LogP contribution in [0.2, 0.25) is 0 Å². The van der Waals surface area contributed by atoms with Gasteiger partial charge in [0.25, 0.3) is 0 Å². The molecule has 0 bridgehead atoms. The molecule has 3 rings (SSSR count). The largest absolute Gasteiger partial charge is 0.493 e. The van der Waals surface area contributed by atoms with E-state index in [1.807, 2.05) is 0 Å². The van der Waals surface area contributed by atoms with E-state index >= 15 is 0 Å². The quantitative estimate of drug-likeness (QED) is 0.757. The number of hydrogen-bond donors (Lipinski definition) is 1. The van der Waals surface area contributed by atoms with Crippen LogP contribution in [0.15, 0.2) is 18.2 Å². The average Bonchev–Trinajstić information content (AvgIpc) is 2.82. The summed E-state index contributed by atoms with van der Waals surface area (Å²) in [6.45, 7) is 2.05. The van der Waals surface area contributed by atoms with E-state index in [9.17, 15) is 0 Å². The monoisotopic (exact) mass is 203 g/mol. The van der Waals surface area contributed by atoms with Crippen LogP contribution in [-0.4, -0.2) is 13.2 Å².